The molecule has 0 spiro atoms. The van der Waals surface area contributed by atoms with Crippen molar-refractivity contribution in [3.8, 4) is 11.5 Å². The number of phenols is 2. The maximum atomic E-state index is 13.4. The molecule has 0 amide bonds. The van der Waals surface area contributed by atoms with Crippen molar-refractivity contribution in [3.05, 3.63) is 18.1 Å². The number of hydrogen-bond acceptors (Lipinski definition) is 10. The average molecular weight is 545 g/mol. The second-order valence-electron chi connectivity index (χ2n) is 5.22. The van der Waals surface area contributed by atoms with E-state index >= 15 is 0 Å². The van der Waals surface area contributed by atoms with Gasteiger partial charge in [0.2, 0.25) is 0 Å². The van der Waals surface area contributed by atoms with E-state index in [0.717, 1.165) is 11.8 Å². The fourth-order valence-electron chi connectivity index (χ4n) is 1.96. The molecular weight excluding hydrogens is 527 g/mol. The molecule has 1 rings (SSSR count). The van der Waals surface area contributed by atoms with E-state index in [0.29, 0.717) is 23.9 Å². The average Bonchev–Trinajstić information content (AvgIpc) is 2.53. The van der Waals surface area contributed by atoms with E-state index in [2.05, 4.69) is 6.92 Å². The number of thioether (sulfide) groups is 2. The molecular formula is C14H17F3Na2O8S4. The molecule has 0 fully saturated rings. The zero-order valence-corrected chi connectivity index (χ0v) is 24.1. The summed E-state index contributed by atoms with van der Waals surface area (Å²) in [5.74, 6) is -2.09. The molecule has 0 aliphatic heterocycles. The van der Waals surface area contributed by atoms with Gasteiger partial charge in [0.25, 0.3) is 0 Å². The predicted octanol–water partition coefficient (Wildman–Crippen LogP) is -3.23. The number of aromatic hydroxyl groups is 2. The first-order valence-corrected chi connectivity index (χ1v) is 12.1. The summed E-state index contributed by atoms with van der Waals surface area (Å²) in [7, 11) is -7.58. The number of phenolic OH excluding ortho intramolecular Hbond substituents is 2. The number of halogens is 3. The van der Waals surface area contributed by atoms with Gasteiger partial charge in [-0.15, -0.1) is 36.2 Å². The summed E-state index contributed by atoms with van der Waals surface area (Å²) in [6.07, 6.45) is -4.67. The molecule has 2 N–H and O–H groups in total. The molecule has 31 heavy (non-hydrogen) atoms. The van der Waals surface area contributed by atoms with Gasteiger partial charge in [0.15, 0.2) is 0 Å². The standard InChI is InChI=1S/C14H18F3O5S3.2Na.O3S/c1-3-5-23-12-8(2)10(18)13(9(11(12)19)14(15,16)17)24-6-4-7-25(20,21)22;;;1-4(2)3/h18-19H,1,3-7H2,2H3,(H,20,21,22);;;/q-1;2*+1;/p-1. The maximum absolute atomic E-state index is 13.4. The van der Waals surface area contributed by atoms with E-state index in [9.17, 15) is 36.4 Å². The molecule has 0 saturated heterocycles. The molecule has 168 valence electrons. The molecule has 1 aromatic rings. The molecule has 8 nitrogen and oxygen atoms in total. The van der Waals surface area contributed by atoms with Gasteiger partial charge >= 0.3 is 75.9 Å². The van der Waals surface area contributed by atoms with Gasteiger partial charge in [0, 0.05) is 11.3 Å². The Morgan fingerprint density at radius 3 is 1.87 bits per heavy atom. The van der Waals surface area contributed by atoms with Crippen LogP contribution in [0.25, 0.3) is 0 Å². The van der Waals surface area contributed by atoms with E-state index in [1.807, 2.05) is 0 Å². The molecule has 0 aliphatic carbocycles. The number of benzene rings is 1. The number of alkyl halides is 3. The predicted molar refractivity (Wildman–Crippen MR) is 99.8 cm³/mol. The first-order chi connectivity index (χ1) is 13.1. The Balaban J connectivity index is -0.00000120. The summed E-state index contributed by atoms with van der Waals surface area (Å²) < 4.78 is 97.1. The fraction of sp³-hybridized carbons (Fsp3) is 0.500. The molecule has 0 atom stereocenters. The first kappa shape index (κ1) is 36.4. The van der Waals surface area contributed by atoms with E-state index in [4.69, 9.17) is 12.6 Å². The molecule has 0 radical (unpaired) electrons. The van der Waals surface area contributed by atoms with Crippen molar-refractivity contribution in [3.63, 3.8) is 0 Å². The summed E-state index contributed by atoms with van der Waals surface area (Å²) in [5.41, 5.74) is -1.26. The van der Waals surface area contributed by atoms with Crippen LogP contribution in [0.4, 0.5) is 13.2 Å². The van der Waals surface area contributed by atoms with Crippen LogP contribution in [-0.2, 0) is 26.9 Å². The Morgan fingerprint density at radius 1 is 1.03 bits per heavy atom. The Labute approximate surface area is 232 Å². The topological polar surface area (TPSA) is 149 Å². The van der Waals surface area contributed by atoms with E-state index < -0.39 is 54.6 Å². The minimum Gasteiger partial charge on any atom is -0.748 e. The largest absolute Gasteiger partial charge is 1.00 e. The third kappa shape index (κ3) is 14.0. The Bertz CT molecular complexity index is 916. The van der Waals surface area contributed by atoms with Crippen LogP contribution in [0.2, 0.25) is 0 Å². The summed E-state index contributed by atoms with van der Waals surface area (Å²) in [5, 5.41) is 20.3. The van der Waals surface area contributed by atoms with Gasteiger partial charge < -0.3 is 21.7 Å². The molecule has 0 unspecified atom stereocenters. The van der Waals surface area contributed by atoms with Gasteiger partial charge in [-0.25, -0.2) is 8.42 Å². The van der Waals surface area contributed by atoms with Crippen LogP contribution in [0.15, 0.2) is 9.79 Å². The smallest absolute Gasteiger partial charge is 0.748 e. The van der Waals surface area contributed by atoms with Crippen LogP contribution < -0.4 is 59.1 Å². The summed E-state index contributed by atoms with van der Waals surface area (Å²) in [6.45, 7) is 4.96. The molecule has 0 aromatic heterocycles. The van der Waals surface area contributed by atoms with Crippen molar-refractivity contribution < 1.29 is 108 Å². The van der Waals surface area contributed by atoms with Gasteiger partial charge in [-0.3, -0.25) is 0 Å². The first-order valence-electron chi connectivity index (χ1n) is 7.54. The maximum Gasteiger partial charge on any atom is 1.00 e. The normalized spacial score (nSPS) is 10.9. The molecule has 0 aliphatic rings. The van der Waals surface area contributed by atoms with Crippen LogP contribution in [0.1, 0.15) is 24.0 Å². The Kier molecular flexibility index (Phi) is 19.3. The van der Waals surface area contributed by atoms with Gasteiger partial charge in [0.05, 0.1) is 19.9 Å². The van der Waals surface area contributed by atoms with Gasteiger partial charge in [0.1, 0.15) is 17.1 Å². The zero-order chi connectivity index (χ0) is 23.0. The van der Waals surface area contributed by atoms with Gasteiger partial charge in [-0.2, -0.15) is 19.6 Å². The molecule has 1 aromatic carbocycles. The van der Waals surface area contributed by atoms with Crippen molar-refractivity contribution in [2.45, 2.75) is 35.7 Å². The minimum atomic E-state index is -4.91. The van der Waals surface area contributed by atoms with Crippen molar-refractivity contribution in [2.75, 3.05) is 17.3 Å². The molecule has 0 bridgehead atoms. The van der Waals surface area contributed by atoms with E-state index in [1.54, 1.807) is 0 Å². The quantitative estimate of drug-likeness (QED) is 0.0855. The van der Waals surface area contributed by atoms with Crippen molar-refractivity contribution in [1.29, 1.82) is 0 Å². The third-order valence-corrected chi connectivity index (χ3v) is 6.30. The van der Waals surface area contributed by atoms with Crippen LogP contribution in [0, 0.1) is 13.8 Å². The Hall–Kier alpha value is 0.840. The summed E-state index contributed by atoms with van der Waals surface area (Å²) in [4.78, 5) is -0.648. The fourth-order valence-corrected chi connectivity index (χ4v) is 4.68. The zero-order valence-electron chi connectivity index (χ0n) is 16.9. The van der Waals surface area contributed by atoms with E-state index in [1.165, 1.54) is 6.92 Å². The monoisotopic (exact) mass is 544 g/mol. The second-order valence-corrected chi connectivity index (χ2v) is 9.37. The molecule has 0 saturated carbocycles. The SMILES string of the molecule is O=S(=O)=O.[CH2-]CCSc1c(C)c(O)c(SCCCS(=O)(=O)[O-])c(C(F)(F)F)c1O.[Na+].[Na+]. The molecule has 0 heterocycles. The van der Waals surface area contributed by atoms with Crippen molar-refractivity contribution in [2.24, 2.45) is 0 Å². The second kappa shape index (κ2) is 16.5. The van der Waals surface area contributed by atoms with Gasteiger partial charge in [-0.1, -0.05) is 0 Å². The Morgan fingerprint density at radius 2 is 1.48 bits per heavy atom. The van der Waals surface area contributed by atoms with E-state index in [-0.39, 0.29) is 81.7 Å². The third-order valence-electron chi connectivity index (χ3n) is 3.05. The van der Waals surface area contributed by atoms with Crippen LogP contribution in [0.5, 0.6) is 11.5 Å². The number of hydrogen-bond donors (Lipinski definition) is 2. The van der Waals surface area contributed by atoms with Crippen molar-refractivity contribution >= 4 is 44.3 Å². The number of rotatable bonds is 8. The van der Waals surface area contributed by atoms with Crippen LogP contribution in [0.3, 0.4) is 0 Å². The van der Waals surface area contributed by atoms with Crippen LogP contribution in [-0.4, -0.2) is 53.1 Å². The molecule has 17 heteroatoms. The van der Waals surface area contributed by atoms with Crippen LogP contribution >= 0.6 is 23.5 Å². The summed E-state index contributed by atoms with van der Waals surface area (Å²) in [6, 6.07) is 0. The minimum absolute atomic E-state index is 0. The van der Waals surface area contributed by atoms with Gasteiger partial charge in [-0.05, 0) is 24.9 Å². The summed E-state index contributed by atoms with van der Waals surface area (Å²) >= 11 is 1.50. The van der Waals surface area contributed by atoms with Crippen molar-refractivity contribution in [1.82, 2.24) is 0 Å².